The van der Waals surface area contributed by atoms with Crippen molar-refractivity contribution >= 4 is 28.4 Å². The van der Waals surface area contributed by atoms with E-state index in [1.165, 1.54) is 17.0 Å². The van der Waals surface area contributed by atoms with E-state index < -0.39 is 6.04 Å². The van der Waals surface area contributed by atoms with Gasteiger partial charge in [0, 0.05) is 42.5 Å². The molecule has 0 bridgehead atoms. The molecule has 2 heterocycles. The molecule has 2 amide bonds. The summed E-state index contributed by atoms with van der Waals surface area (Å²) in [5, 5.41) is 6.48. The van der Waals surface area contributed by atoms with Crippen molar-refractivity contribution in [1.29, 1.82) is 0 Å². The van der Waals surface area contributed by atoms with Crippen molar-refractivity contribution in [2.45, 2.75) is 33.4 Å². The van der Waals surface area contributed by atoms with Gasteiger partial charge in [-0.1, -0.05) is 18.2 Å². The van der Waals surface area contributed by atoms with Crippen LogP contribution >= 0.6 is 0 Å². The van der Waals surface area contributed by atoms with Crippen molar-refractivity contribution in [3.63, 3.8) is 0 Å². The summed E-state index contributed by atoms with van der Waals surface area (Å²) in [4.78, 5) is 41.1. The second kappa shape index (κ2) is 12.3. The summed E-state index contributed by atoms with van der Waals surface area (Å²) in [5.74, 6) is -0.763. The molecule has 0 saturated heterocycles. The van der Waals surface area contributed by atoms with Crippen LogP contribution in [0.3, 0.4) is 0 Å². The fourth-order valence-corrected chi connectivity index (χ4v) is 5.29. The maximum absolute atomic E-state index is 14.0. The Morgan fingerprint density at radius 1 is 0.955 bits per heavy atom. The molecule has 0 aliphatic heterocycles. The van der Waals surface area contributed by atoms with E-state index in [-0.39, 0.29) is 35.4 Å². The molecule has 1 unspecified atom stereocenters. The maximum atomic E-state index is 14.0. The normalized spacial score (nSPS) is 11.9. The summed E-state index contributed by atoms with van der Waals surface area (Å²) < 4.78 is 17.6. The number of carbonyl (C=O) groups is 2. The fraction of sp³-hybridized carbons (Fsp3) is 0.229. The molecule has 8 nitrogen and oxygen atoms in total. The molecule has 0 fully saturated rings. The van der Waals surface area contributed by atoms with Gasteiger partial charge < -0.3 is 24.7 Å². The van der Waals surface area contributed by atoms with Crippen molar-refractivity contribution in [3.8, 4) is 16.9 Å². The molecule has 0 spiro atoms. The maximum Gasteiger partial charge on any atom is 0.275 e. The van der Waals surface area contributed by atoms with E-state index in [0.29, 0.717) is 11.3 Å². The molecule has 0 saturated carbocycles. The van der Waals surface area contributed by atoms with Gasteiger partial charge in [0.15, 0.2) is 0 Å². The van der Waals surface area contributed by atoms with Crippen LogP contribution in [0.4, 0.5) is 10.1 Å². The van der Waals surface area contributed by atoms with Crippen molar-refractivity contribution < 1.29 is 14.0 Å². The van der Waals surface area contributed by atoms with E-state index in [1.54, 1.807) is 63.0 Å². The van der Waals surface area contributed by atoms with Crippen LogP contribution in [-0.2, 0) is 11.3 Å². The van der Waals surface area contributed by atoms with E-state index in [2.05, 4.69) is 10.6 Å². The molecule has 226 valence electrons. The standard InChI is InChI=1S/C35H36FN5O3/c1-21-10-11-25(34(43)39(5)6)17-28(21)32-15-13-30(38-33(42)23(3)37-4)35(44)41(32)20-24-8-7-9-27(16-24)40-19-22(2)29-18-26(36)12-14-31(29)40/h7-19,23,37H,20H2,1-6H3,(H,38,42). The lowest BCUT2D eigenvalue weighted by atomic mass is 10.00. The van der Waals surface area contributed by atoms with E-state index in [0.717, 1.165) is 38.8 Å². The van der Waals surface area contributed by atoms with E-state index >= 15 is 0 Å². The molecule has 5 aromatic rings. The van der Waals surface area contributed by atoms with Crippen molar-refractivity contribution in [2.75, 3.05) is 26.5 Å². The number of hydrogen-bond donors (Lipinski definition) is 2. The smallest absolute Gasteiger partial charge is 0.275 e. The quantitative estimate of drug-likeness (QED) is 0.248. The van der Waals surface area contributed by atoms with Crippen LogP contribution in [0.25, 0.3) is 27.8 Å². The number of carbonyl (C=O) groups excluding carboxylic acids is 2. The summed E-state index contributed by atoms with van der Waals surface area (Å²) in [6, 6.07) is 20.9. The van der Waals surface area contributed by atoms with E-state index in [9.17, 15) is 18.8 Å². The Kier molecular flexibility index (Phi) is 8.51. The van der Waals surface area contributed by atoms with E-state index in [1.807, 2.05) is 54.9 Å². The Labute approximate surface area is 255 Å². The molecular formula is C35H36FN5O3. The third kappa shape index (κ3) is 5.91. The summed E-state index contributed by atoms with van der Waals surface area (Å²) >= 11 is 0. The number of amides is 2. The zero-order valence-corrected chi connectivity index (χ0v) is 25.7. The van der Waals surface area contributed by atoms with Gasteiger partial charge in [0.1, 0.15) is 11.5 Å². The first-order chi connectivity index (χ1) is 21.0. The zero-order chi connectivity index (χ0) is 31.7. The largest absolute Gasteiger partial charge is 0.345 e. The number of benzene rings is 3. The Hall–Kier alpha value is -5.02. The summed E-state index contributed by atoms with van der Waals surface area (Å²) in [7, 11) is 5.07. The highest BCUT2D eigenvalue weighted by Gasteiger charge is 2.19. The van der Waals surface area contributed by atoms with Gasteiger partial charge in [0.25, 0.3) is 11.5 Å². The number of aromatic nitrogens is 2. The van der Waals surface area contributed by atoms with Crippen molar-refractivity contribution in [2.24, 2.45) is 0 Å². The third-order valence-corrected chi connectivity index (χ3v) is 7.92. The number of pyridine rings is 1. The fourth-order valence-electron chi connectivity index (χ4n) is 5.29. The molecule has 0 aliphatic carbocycles. The van der Waals surface area contributed by atoms with Crippen LogP contribution in [0.15, 0.2) is 83.8 Å². The van der Waals surface area contributed by atoms with Gasteiger partial charge in [-0.3, -0.25) is 14.4 Å². The number of halogens is 1. The number of aryl methyl sites for hydroxylation is 2. The third-order valence-electron chi connectivity index (χ3n) is 7.92. The van der Waals surface area contributed by atoms with E-state index in [4.69, 9.17) is 0 Å². The molecule has 9 heteroatoms. The first kappa shape index (κ1) is 30.4. The summed E-state index contributed by atoms with van der Waals surface area (Å²) in [5.41, 5.74) is 6.07. The predicted molar refractivity (Wildman–Crippen MR) is 173 cm³/mol. The lowest BCUT2D eigenvalue weighted by Crippen LogP contribution is -2.37. The van der Waals surface area contributed by atoms with Crippen molar-refractivity contribution in [3.05, 3.63) is 117 Å². The van der Waals surface area contributed by atoms with Gasteiger partial charge in [-0.2, -0.15) is 0 Å². The number of rotatable bonds is 8. The van der Waals surface area contributed by atoms with Crippen LogP contribution < -0.4 is 16.2 Å². The monoisotopic (exact) mass is 593 g/mol. The number of fused-ring (bicyclic) bond motifs is 1. The summed E-state index contributed by atoms with van der Waals surface area (Å²) in [6.07, 6.45) is 1.97. The Balaban J connectivity index is 1.64. The lowest BCUT2D eigenvalue weighted by Gasteiger charge is -2.19. The Bertz CT molecular complexity index is 1960. The number of likely N-dealkylation sites (N-methyl/N-ethyl adjacent to an activating group) is 1. The molecule has 44 heavy (non-hydrogen) atoms. The predicted octanol–water partition coefficient (Wildman–Crippen LogP) is 5.51. The summed E-state index contributed by atoms with van der Waals surface area (Å²) in [6.45, 7) is 5.79. The van der Waals surface area contributed by atoms with Gasteiger partial charge >= 0.3 is 0 Å². The first-order valence-corrected chi connectivity index (χ1v) is 14.4. The number of hydrogen-bond acceptors (Lipinski definition) is 4. The zero-order valence-electron chi connectivity index (χ0n) is 25.7. The second-order valence-electron chi connectivity index (χ2n) is 11.3. The van der Waals surface area contributed by atoms with Gasteiger partial charge in [0.05, 0.1) is 23.8 Å². The topological polar surface area (TPSA) is 88.4 Å². The lowest BCUT2D eigenvalue weighted by molar-refractivity contribution is -0.117. The Morgan fingerprint density at radius 2 is 1.73 bits per heavy atom. The molecule has 0 radical (unpaired) electrons. The molecule has 2 aromatic heterocycles. The number of nitrogens with zero attached hydrogens (tertiary/aromatic N) is 3. The number of nitrogens with one attached hydrogen (secondary N) is 2. The minimum absolute atomic E-state index is 0.146. The highest BCUT2D eigenvalue weighted by Crippen LogP contribution is 2.28. The molecule has 2 N–H and O–H groups in total. The second-order valence-corrected chi connectivity index (χ2v) is 11.3. The molecule has 5 rings (SSSR count). The van der Waals surface area contributed by atoms with Crippen LogP contribution in [0.1, 0.15) is 34.0 Å². The van der Waals surface area contributed by atoms with Crippen LogP contribution in [0.5, 0.6) is 0 Å². The van der Waals surface area contributed by atoms with Crippen LogP contribution in [0.2, 0.25) is 0 Å². The molecule has 0 aliphatic rings. The number of anilines is 1. The van der Waals surface area contributed by atoms with Gasteiger partial charge in [-0.15, -0.1) is 0 Å². The highest BCUT2D eigenvalue weighted by molar-refractivity contribution is 5.96. The Morgan fingerprint density at radius 3 is 2.45 bits per heavy atom. The average Bonchev–Trinajstić information content (AvgIpc) is 3.34. The average molecular weight is 594 g/mol. The SMILES string of the molecule is CNC(C)C(=O)Nc1ccc(-c2cc(C(=O)N(C)C)ccc2C)n(Cc2cccc(-n3cc(C)c4cc(F)ccc43)c2)c1=O. The van der Waals surface area contributed by atoms with Crippen LogP contribution in [-0.4, -0.2) is 53.0 Å². The van der Waals surface area contributed by atoms with Gasteiger partial charge in [0.2, 0.25) is 5.91 Å². The van der Waals surface area contributed by atoms with Gasteiger partial charge in [-0.05, 0) is 99.1 Å². The molecule has 1 atom stereocenters. The first-order valence-electron chi connectivity index (χ1n) is 14.4. The highest BCUT2D eigenvalue weighted by atomic mass is 19.1. The van der Waals surface area contributed by atoms with Crippen molar-refractivity contribution in [1.82, 2.24) is 19.4 Å². The minimum atomic E-state index is -0.497. The van der Waals surface area contributed by atoms with Crippen LogP contribution in [0, 0.1) is 19.7 Å². The minimum Gasteiger partial charge on any atom is -0.345 e. The molecular weight excluding hydrogens is 557 g/mol. The van der Waals surface area contributed by atoms with Gasteiger partial charge in [-0.25, -0.2) is 4.39 Å². The molecule has 3 aromatic carbocycles.